The van der Waals surface area contributed by atoms with Crippen molar-refractivity contribution in [3.63, 3.8) is 0 Å². The van der Waals surface area contributed by atoms with E-state index >= 15 is 0 Å². The van der Waals surface area contributed by atoms with E-state index in [0.717, 1.165) is 17.5 Å². The van der Waals surface area contributed by atoms with E-state index in [1.165, 1.54) is 12.1 Å². The summed E-state index contributed by atoms with van der Waals surface area (Å²) in [6.45, 7) is 7.79. The molecule has 1 heterocycles. The van der Waals surface area contributed by atoms with Crippen LogP contribution in [-0.2, 0) is 6.42 Å². The summed E-state index contributed by atoms with van der Waals surface area (Å²) in [6, 6.07) is 5.79. The summed E-state index contributed by atoms with van der Waals surface area (Å²) in [5, 5.41) is 19.0. The largest absolute Gasteiger partial charge is 0.516 e. The number of carboxylic acid groups (broad SMARTS) is 1. The van der Waals surface area contributed by atoms with Gasteiger partial charge in [-0.2, -0.15) is 0 Å². The highest BCUT2D eigenvalue weighted by atomic mass is 19.1. The van der Waals surface area contributed by atoms with Crippen LogP contribution >= 0.6 is 0 Å². The predicted octanol–water partition coefficient (Wildman–Crippen LogP) is 5.45. The first-order valence-electron chi connectivity index (χ1n) is 8.63. The molecule has 5 heteroatoms. The first-order valence-corrected chi connectivity index (χ1v) is 8.63. The Morgan fingerprint density at radius 1 is 1.12 bits per heavy atom. The average Bonchev–Trinajstić information content (AvgIpc) is 2.58. The molecular weight excluding hydrogens is 333 g/mol. The molecule has 4 nitrogen and oxygen atoms in total. The van der Waals surface area contributed by atoms with E-state index in [1.54, 1.807) is 18.2 Å². The molecule has 0 amide bonds. The number of aromatic carboxylic acids is 1. The van der Waals surface area contributed by atoms with Gasteiger partial charge in [-0.3, -0.25) is 4.98 Å². The van der Waals surface area contributed by atoms with Gasteiger partial charge < -0.3 is 10.2 Å². The van der Waals surface area contributed by atoms with Crippen LogP contribution in [0.3, 0.4) is 0 Å². The molecule has 0 bridgehead atoms. The number of carboxylic acids is 1. The molecule has 2 N–H and O–H groups in total. The molecular formula is C21H24FNO3. The Kier molecular flexibility index (Phi) is 6.14. The molecule has 0 saturated heterocycles. The highest BCUT2D eigenvalue weighted by Gasteiger charge is 2.26. The first-order chi connectivity index (χ1) is 12.3. The highest BCUT2D eigenvalue weighted by Crippen LogP contribution is 2.37. The monoisotopic (exact) mass is 357 g/mol. The lowest BCUT2D eigenvalue weighted by atomic mass is 9.86. The Bertz CT molecular complexity index is 824. The molecule has 26 heavy (non-hydrogen) atoms. The summed E-state index contributed by atoms with van der Waals surface area (Å²) >= 11 is 0. The zero-order valence-corrected chi connectivity index (χ0v) is 15.5. The molecule has 0 spiro atoms. The van der Waals surface area contributed by atoms with Crippen LogP contribution in [0.15, 0.2) is 36.6 Å². The van der Waals surface area contributed by atoms with Gasteiger partial charge in [0.2, 0.25) is 0 Å². The second-order valence-electron chi connectivity index (χ2n) is 6.82. The second kappa shape index (κ2) is 8.13. The van der Waals surface area contributed by atoms with E-state index in [0.29, 0.717) is 23.2 Å². The number of allylic oxidation sites excluding steroid dienone is 1. The van der Waals surface area contributed by atoms with Gasteiger partial charge in [0.05, 0.1) is 17.5 Å². The Labute approximate surface area is 153 Å². The lowest BCUT2D eigenvalue weighted by molar-refractivity contribution is 0.0695. The van der Waals surface area contributed by atoms with Crippen molar-refractivity contribution in [3.05, 3.63) is 64.9 Å². The Morgan fingerprint density at radius 2 is 1.69 bits per heavy atom. The van der Waals surface area contributed by atoms with Gasteiger partial charge in [0.25, 0.3) is 0 Å². The SMILES string of the molecule is CC(C)c1nc(C(C)C)c(C(=O)O)c(-c2ccc(F)cc2)c1C/C=C/O. The van der Waals surface area contributed by atoms with Gasteiger partial charge in [-0.05, 0) is 47.6 Å². The van der Waals surface area contributed by atoms with Gasteiger partial charge in [-0.15, -0.1) is 0 Å². The molecule has 0 fully saturated rings. The van der Waals surface area contributed by atoms with Crippen molar-refractivity contribution < 1.29 is 19.4 Å². The molecule has 0 unspecified atom stereocenters. The minimum absolute atomic E-state index is 0.0663. The lowest BCUT2D eigenvalue weighted by Gasteiger charge is -2.22. The number of aliphatic hydroxyl groups excluding tert-OH is 1. The molecule has 0 aliphatic rings. The third-order valence-corrected chi connectivity index (χ3v) is 4.23. The second-order valence-corrected chi connectivity index (χ2v) is 6.82. The summed E-state index contributed by atoms with van der Waals surface area (Å²) in [7, 11) is 0. The maximum Gasteiger partial charge on any atom is 0.338 e. The molecule has 2 aromatic rings. The van der Waals surface area contributed by atoms with E-state index < -0.39 is 5.97 Å². The minimum Gasteiger partial charge on any atom is -0.516 e. The average molecular weight is 357 g/mol. The molecule has 0 atom stereocenters. The quantitative estimate of drug-likeness (QED) is 0.675. The van der Waals surface area contributed by atoms with E-state index in [4.69, 9.17) is 5.11 Å². The lowest BCUT2D eigenvalue weighted by Crippen LogP contribution is -2.15. The Hall–Kier alpha value is -2.69. The number of halogens is 1. The normalized spacial score (nSPS) is 11.7. The number of rotatable bonds is 6. The van der Waals surface area contributed by atoms with Gasteiger partial charge in [0.1, 0.15) is 5.82 Å². The van der Waals surface area contributed by atoms with Crippen LogP contribution in [0.1, 0.15) is 66.8 Å². The number of aliphatic hydroxyl groups is 1. The fourth-order valence-electron chi connectivity index (χ4n) is 3.08. The maximum atomic E-state index is 13.4. The van der Waals surface area contributed by atoms with Crippen LogP contribution in [-0.4, -0.2) is 21.2 Å². The highest BCUT2D eigenvalue weighted by molar-refractivity contribution is 5.98. The van der Waals surface area contributed by atoms with Crippen molar-refractivity contribution in [2.24, 2.45) is 0 Å². The number of benzene rings is 1. The standard InChI is InChI=1S/C21H24FNO3/c1-12(2)19-16(6-5-11-24)17(14-7-9-15(22)10-8-14)18(21(25)26)20(23-19)13(3)4/h5,7-13,24H,6H2,1-4H3,(H,25,26)/b11-5+. The fraction of sp³-hybridized carbons (Fsp3) is 0.333. The van der Waals surface area contributed by atoms with Gasteiger partial charge in [0, 0.05) is 11.3 Å². The summed E-state index contributed by atoms with van der Waals surface area (Å²) in [5.74, 6) is -1.47. The van der Waals surface area contributed by atoms with Crippen LogP contribution < -0.4 is 0 Å². The third kappa shape index (κ3) is 3.93. The molecule has 138 valence electrons. The first kappa shape index (κ1) is 19.6. The third-order valence-electron chi connectivity index (χ3n) is 4.23. The number of aromatic nitrogens is 1. The van der Waals surface area contributed by atoms with Gasteiger partial charge >= 0.3 is 5.97 Å². The summed E-state index contributed by atoms with van der Waals surface area (Å²) < 4.78 is 13.4. The molecule has 2 rings (SSSR count). The van der Waals surface area contributed by atoms with E-state index in [1.807, 2.05) is 27.7 Å². The number of nitrogens with zero attached hydrogens (tertiary/aromatic N) is 1. The fourth-order valence-corrected chi connectivity index (χ4v) is 3.08. The smallest absolute Gasteiger partial charge is 0.338 e. The van der Waals surface area contributed by atoms with E-state index in [9.17, 15) is 14.3 Å². The van der Waals surface area contributed by atoms with Crippen LogP contribution in [0.25, 0.3) is 11.1 Å². The molecule has 1 aromatic heterocycles. The van der Waals surface area contributed by atoms with E-state index in [2.05, 4.69) is 4.98 Å². The van der Waals surface area contributed by atoms with Crippen LogP contribution in [0.5, 0.6) is 0 Å². The molecule has 0 aliphatic heterocycles. The number of hydrogen-bond donors (Lipinski definition) is 2. The Morgan fingerprint density at radius 3 is 2.15 bits per heavy atom. The van der Waals surface area contributed by atoms with Crippen LogP contribution in [0.4, 0.5) is 4.39 Å². The van der Waals surface area contributed by atoms with Gasteiger partial charge in [-0.1, -0.05) is 39.8 Å². The number of hydrogen-bond acceptors (Lipinski definition) is 3. The summed E-state index contributed by atoms with van der Waals surface area (Å²) in [5.41, 5.74) is 3.33. The van der Waals surface area contributed by atoms with Crippen molar-refractivity contribution in [3.8, 4) is 11.1 Å². The predicted molar refractivity (Wildman–Crippen MR) is 100 cm³/mol. The topological polar surface area (TPSA) is 70.4 Å². The van der Waals surface area contributed by atoms with Gasteiger partial charge in [0.15, 0.2) is 0 Å². The van der Waals surface area contributed by atoms with E-state index in [-0.39, 0.29) is 23.2 Å². The Balaban J connectivity index is 2.97. The molecule has 1 aromatic carbocycles. The molecule has 0 aliphatic carbocycles. The number of carbonyl (C=O) groups is 1. The zero-order valence-electron chi connectivity index (χ0n) is 15.5. The van der Waals surface area contributed by atoms with Crippen molar-refractivity contribution in [1.29, 1.82) is 0 Å². The maximum absolute atomic E-state index is 13.4. The van der Waals surface area contributed by atoms with Gasteiger partial charge in [-0.25, -0.2) is 9.18 Å². The van der Waals surface area contributed by atoms with Crippen molar-refractivity contribution in [2.45, 2.75) is 46.0 Å². The van der Waals surface area contributed by atoms with Crippen LogP contribution in [0.2, 0.25) is 0 Å². The summed E-state index contributed by atoms with van der Waals surface area (Å²) in [4.78, 5) is 16.8. The van der Waals surface area contributed by atoms with Crippen molar-refractivity contribution >= 4 is 5.97 Å². The number of pyridine rings is 1. The zero-order chi connectivity index (χ0) is 19.4. The van der Waals surface area contributed by atoms with Crippen molar-refractivity contribution in [2.75, 3.05) is 0 Å². The molecule has 0 radical (unpaired) electrons. The van der Waals surface area contributed by atoms with Crippen molar-refractivity contribution in [1.82, 2.24) is 4.98 Å². The summed E-state index contributed by atoms with van der Waals surface area (Å²) in [6.07, 6.45) is 2.83. The van der Waals surface area contributed by atoms with Crippen LogP contribution in [0, 0.1) is 5.82 Å². The molecule has 0 saturated carbocycles. The minimum atomic E-state index is -1.06.